The van der Waals surface area contributed by atoms with Crippen molar-refractivity contribution in [2.45, 2.75) is 38.6 Å². The Labute approximate surface area is 148 Å². The zero-order valence-corrected chi connectivity index (χ0v) is 15.0. The third-order valence-electron chi connectivity index (χ3n) is 4.31. The van der Waals surface area contributed by atoms with Gasteiger partial charge in [0.25, 0.3) is 0 Å². The van der Waals surface area contributed by atoms with Crippen molar-refractivity contribution >= 4 is 27.3 Å². The van der Waals surface area contributed by atoms with Gasteiger partial charge >= 0.3 is 0 Å². The Morgan fingerprint density at radius 2 is 1.92 bits per heavy atom. The Morgan fingerprint density at radius 1 is 1.12 bits per heavy atom. The summed E-state index contributed by atoms with van der Waals surface area (Å²) in [6.07, 6.45) is 4.52. The molecule has 1 atom stereocenters. The van der Waals surface area contributed by atoms with Crippen LogP contribution in [-0.2, 0) is 6.42 Å². The van der Waals surface area contributed by atoms with Crippen LogP contribution in [0.4, 0.5) is 5.69 Å². The lowest BCUT2D eigenvalue weighted by atomic mass is 10.1. The van der Waals surface area contributed by atoms with Crippen molar-refractivity contribution in [2.75, 3.05) is 11.9 Å². The number of anilines is 1. The van der Waals surface area contributed by atoms with E-state index < -0.39 is 0 Å². The average molecular weight is 340 g/mol. The van der Waals surface area contributed by atoms with E-state index in [1.54, 1.807) is 0 Å². The summed E-state index contributed by atoms with van der Waals surface area (Å²) in [5.74, 6) is 0. The first-order valence-electron chi connectivity index (χ1n) is 8.70. The molecule has 0 radical (unpaired) electrons. The highest BCUT2D eigenvalue weighted by atomic mass is 32.1. The van der Waals surface area contributed by atoms with E-state index in [0.29, 0.717) is 0 Å². The van der Waals surface area contributed by atoms with Gasteiger partial charge in [0.2, 0.25) is 0 Å². The van der Waals surface area contributed by atoms with Crippen LogP contribution in [0, 0.1) is 0 Å². The van der Waals surface area contributed by atoms with Crippen molar-refractivity contribution in [3.05, 3.63) is 59.8 Å². The smallest absolute Gasteiger partial charge is 0.0788 e. The topological polar surface area (TPSA) is 50.9 Å². The maximum atomic E-state index is 6.35. The number of hydrogen-bond acceptors (Lipinski definition) is 4. The summed E-state index contributed by atoms with van der Waals surface area (Å²) in [5, 5.41) is 4.65. The maximum absolute atomic E-state index is 6.35. The monoisotopic (exact) mass is 339 g/mol. The summed E-state index contributed by atoms with van der Waals surface area (Å²) in [7, 11) is 0. The van der Waals surface area contributed by atoms with Crippen molar-refractivity contribution in [2.24, 2.45) is 5.73 Å². The van der Waals surface area contributed by atoms with Crippen LogP contribution >= 0.6 is 11.5 Å². The molecule has 2 aromatic carbocycles. The fourth-order valence-electron chi connectivity index (χ4n) is 2.85. The van der Waals surface area contributed by atoms with E-state index in [0.717, 1.165) is 24.3 Å². The molecule has 3 aromatic rings. The van der Waals surface area contributed by atoms with Crippen LogP contribution in [0.5, 0.6) is 0 Å². The van der Waals surface area contributed by atoms with Gasteiger partial charge in [0.15, 0.2) is 0 Å². The third kappa shape index (κ3) is 4.13. The van der Waals surface area contributed by atoms with E-state index in [9.17, 15) is 0 Å². The third-order valence-corrected chi connectivity index (χ3v) is 5.15. The van der Waals surface area contributed by atoms with E-state index in [1.165, 1.54) is 46.4 Å². The predicted molar refractivity (Wildman–Crippen MR) is 105 cm³/mol. The molecule has 3 nitrogen and oxygen atoms in total. The second kappa shape index (κ2) is 8.27. The molecule has 0 aliphatic heterocycles. The van der Waals surface area contributed by atoms with Crippen LogP contribution in [0.1, 0.15) is 43.5 Å². The van der Waals surface area contributed by atoms with Crippen LogP contribution in [0.15, 0.2) is 48.5 Å². The molecular weight excluding hydrogens is 314 g/mol. The summed E-state index contributed by atoms with van der Waals surface area (Å²) in [5.41, 5.74) is 9.94. The SMILES string of the molecule is CCCCc1ccc(NCCC(N)c2nsc3ccccc23)cc1. The van der Waals surface area contributed by atoms with Crippen molar-refractivity contribution < 1.29 is 0 Å². The summed E-state index contributed by atoms with van der Waals surface area (Å²) in [4.78, 5) is 0. The fraction of sp³-hybridized carbons (Fsp3) is 0.350. The number of nitrogens with zero attached hydrogens (tertiary/aromatic N) is 1. The zero-order valence-electron chi connectivity index (χ0n) is 14.2. The summed E-state index contributed by atoms with van der Waals surface area (Å²) in [6, 6.07) is 17.0. The normalized spacial score (nSPS) is 12.4. The van der Waals surface area contributed by atoms with Gasteiger partial charge < -0.3 is 11.1 Å². The van der Waals surface area contributed by atoms with Crippen molar-refractivity contribution in [3.63, 3.8) is 0 Å². The molecule has 0 saturated carbocycles. The molecule has 0 amide bonds. The number of unbranched alkanes of at least 4 members (excludes halogenated alkanes) is 1. The van der Waals surface area contributed by atoms with Crippen molar-refractivity contribution in [1.29, 1.82) is 0 Å². The van der Waals surface area contributed by atoms with Gasteiger partial charge in [-0.15, -0.1) is 0 Å². The minimum atomic E-state index is -0.0301. The lowest BCUT2D eigenvalue weighted by Gasteiger charge is -2.12. The molecular formula is C20H25N3S. The highest BCUT2D eigenvalue weighted by molar-refractivity contribution is 7.13. The molecule has 0 fully saturated rings. The predicted octanol–water partition coefficient (Wildman–Crippen LogP) is 5.14. The molecule has 24 heavy (non-hydrogen) atoms. The minimum absolute atomic E-state index is 0.0301. The Balaban J connectivity index is 1.52. The van der Waals surface area contributed by atoms with Crippen molar-refractivity contribution in [3.8, 4) is 0 Å². The summed E-state index contributed by atoms with van der Waals surface area (Å²) < 4.78 is 5.76. The Hall–Kier alpha value is -1.91. The molecule has 1 heterocycles. The number of hydrogen-bond donors (Lipinski definition) is 2. The van der Waals surface area contributed by atoms with Crippen LogP contribution in [0.25, 0.3) is 10.1 Å². The van der Waals surface area contributed by atoms with Gasteiger partial charge in [-0.25, -0.2) is 0 Å². The van der Waals surface area contributed by atoms with Crippen LogP contribution < -0.4 is 11.1 Å². The summed E-state index contributed by atoms with van der Waals surface area (Å²) >= 11 is 1.53. The molecule has 126 valence electrons. The largest absolute Gasteiger partial charge is 0.385 e. The molecule has 3 N–H and O–H groups in total. The molecule has 4 heteroatoms. The Kier molecular flexibility index (Phi) is 5.83. The van der Waals surface area contributed by atoms with Gasteiger partial charge in [-0.2, -0.15) is 4.37 Å². The maximum Gasteiger partial charge on any atom is 0.0788 e. The number of nitrogens with two attached hydrogens (primary N) is 1. The lowest BCUT2D eigenvalue weighted by molar-refractivity contribution is 0.667. The molecule has 3 rings (SSSR count). The fourth-order valence-corrected chi connectivity index (χ4v) is 3.69. The molecule has 0 spiro atoms. The molecule has 0 aliphatic rings. The number of benzene rings is 2. The number of aromatic nitrogens is 1. The van der Waals surface area contributed by atoms with Crippen LogP contribution in [0.2, 0.25) is 0 Å². The molecule has 1 aromatic heterocycles. The minimum Gasteiger partial charge on any atom is -0.385 e. The van der Waals surface area contributed by atoms with Crippen molar-refractivity contribution in [1.82, 2.24) is 4.37 Å². The van der Waals surface area contributed by atoms with E-state index >= 15 is 0 Å². The van der Waals surface area contributed by atoms with E-state index in [1.807, 2.05) is 12.1 Å². The van der Waals surface area contributed by atoms with Crippen LogP contribution in [0.3, 0.4) is 0 Å². The van der Waals surface area contributed by atoms with E-state index in [-0.39, 0.29) is 6.04 Å². The number of nitrogens with one attached hydrogen (secondary N) is 1. The number of fused-ring (bicyclic) bond motifs is 1. The zero-order chi connectivity index (χ0) is 16.8. The molecule has 0 aliphatic carbocycles. The van der Waals surface area contributed by atoms with Gasteiger partial charge in [-0.1, -0.05) is 43.7 Å². The highest BCUT2D eigenvalue weighted by Gasteiger charge is 2.13. The number of aryl methyl sites for hydroxylation is 1. The lowest BCUT2D eigenvalue weighted by Crippen LogP contribution is -2.15. The number of rotatable bonds is 8. The van der Waals surface area contributed by atoms with Gasteiger partial charge in [0.1, 0.15) is 0 Å². The Morgan fingerprint density at radius 3 is 2.71 bits per heavy atom. The standard InChI is InChI=1S/C20H25N3S/c1-2-3-6-15-9-11-16(12-10-15)22-14-13-18(21)20-17-7-4-5-8-19(17)24-23-20/h4-5,7-12,18,22H,2-3,6,13-14,21H2,1H3. The average Bonchev–Trinajstić information content (AvgIpc) is 3.05. The first-order valence-corrected chi connectivity index (χ1v) is 9.48. The second-order valence-electron chi connectivity index (χ2n) is 6.19. The van der Waals surface area contributed by atoms with E-state index in [4.69, 9.17) is 5.73 Å². The Bertz CT molecular complexity index is 764. The molecule has 0 bridgehead atoms. The highest BCUT2D eigenvalue weighted by Crippen LogP contribution is 2.27. The quantitative estimate of drug-likeness (QED) is 0.597. The second-order valence-corrected chi connectivity index (χ2v) is 6.99. The van der Waals surface area contributed by atoms with Crippen LogP contribution in [-0.4, -0.2) is 10.9 Å². The summed E-state index contributed by atoms with van der Waals surface area (Å²) in [6.45, 7) is 3.08. The van der Waals surface area contributed by atoms with E-state index in [2.05, 4.69) is 53.0 Å². The van der Waals surface area contributed by atoms with Gasteiger partial charge in [-0.05, 0) is 54.6 Å². The molecule has 0 saturated heterocycles. The molecule has 1 unspecified atom stereocenters. The van der Waals surface area contributed by atoms with Gasteiger partial charge in [0, 0.05) is 17.6 Å². The van der Waals surface area contributed by atoms with Gasteiger partial charge in [-0.3, -0.25) is 0 Å². The van der Waals surface area contributed by atoms with Gasteiger partial charge in [0.05, 0.1) is 16.4 Å². The first-order chi connectivity index (χ1) is 11.8. The first kappa shape index (κ1) is 16.9.